The number of benzene rings is 2. The Kier molecular flexibility index (Phi) is 6.14. The first kappa shape index (κ1) is 13.8. The quantitative estimate of drug-likeness (QED) is 0.554. The fourth-order valence-electron chi connectivity index (χ4n) is 1.41. The molecule has 0 aliphatic heterocycles. The fourth-order valence-corrected chi connectivity index (χ4v) is 1.64. The fraction of sp³-hybridized carbons (Fsp3) is 0.0909. The zero-order chi connectivity index (χ0) is 12.0. The van der Waals surface area contributed by atoms with E-state index in [1.54, 1.807) is 0 Å². The van der Waals surface area contributed by atoms with Crippen molar-refractivity contribution >= 4 is 53.0 Å². The van der Waals surface area contributed by atoms with Crippen LogP contribution in [-0.2, 0) is 15.1 Å². The van der Waals surface area contributed by atoms with Gasteiger partial charge < -0.3 is 0 Å². The van der Waals surface area contributed by atoms with Gasteiger partial charge in [-0.05, 0) is 16.3 Å². The van der Waals surface area contributed by atoms with E-state index in [9.17, 15) is 0 Å². The lowest BCUT2D eigenvalue weighted by molar-refractivity contribution is 0.698. The Morgan fingerprint density at radius 1 is 1.00 bits per heavy atom. The summed E-state index contributed by atoms with van der Waals surface area (Å²) < 4.78 is 9.09. The SMILES string of the molecule is ClCc1cccc2ccccc12.O=S(Cl)Cl. The molecule has 0 fully saturated rings. The number of halogens is 3. The first-order valence-electron chi connectivity index (χ1n) is 4.42. The topological polar surface area (TPSA) is 17.1 Å². The lowest BCUT2D eigenvalue weighted by atomic mass is 10.1. The van der Waals surface area contributed by atoms with E-state index in [0.717, 1.165) is 0 Å². The highest BCUT2D eigenvalue weighted by molar-refractivity contribution is 8.26. The Hall–Kier alpha value is -0.280. The van der Waals surface area contributed by atoms with Crippen LogP contribution in [0.2, 0.25) is 0 Å². The molecule has 0 amide bonds. The van der Waals surface area contributed by atoms with Crippen LogP contribution in [0.15, 0.2) is 42.5 Å². The molecule has 0 aliphatic rings. The number of alkyl halides is 1. The van der Waals surface area contributed by atoms with Gasteiger partial charge in [-0.2, -0.15) is 0 Å². The van der Waals surface area contributed by atoms with Crippen molar-refractivity contribution in [1.82, 2.24) is 0 Å². The van der Waals surface area contributed by atoms with Crippen LogP contribution < -0.4 is 0 Å². The average Bonchev–Trinajstić information content (AvgIpc) is 2.27. The Labute approximate surface area is 111 Å². The molecule has 0 aromatic heterocycles. The van der Waals surface area contributed by atoms with Crippen molar-refractivity contribution in [3.8, 4) is 0 Å². The van der Waals surface area contributed by atoms with Crippen molar-refractivity contribution in [2.75, 3.05) is 0 Å². The molecule has 0 aliphatic carbocycles. The van der Waals surface area contributed by atoms with Crippen LogP contribution in [0.1, 0.15) is 5.56 Å². The molecule has 0 N–H and O–H groups in total. The molecule has 86 valence electrons. The molecule has 0 heterocycles. The minimum atomic E-state index is -1.67. The van der Waals surface area contributed by atoms with Crippen LogP contribution in [-0.4, -0.2) is 4.21 Å². The summed E-state index contributed by atoms with van der Waals surface area (Å²) in [5.41, 5.74) is 1.20. The predicted octanol–water partition coefficient (Wildman–Crippen LogP) is 4.62. The highest BCUT2D eigenvalue weighted by Gasteiger charge is 1.96. The zero-order valence-electron chi connectivity index (χ0n) is 8.20. The largest absolute Gasteiger partial charge is 0.225 e. The molecule has 0 spiro atoms. The van der Waals surface area contributed by atoms with E-state index in [1.807, 2.05) is 18.2 Å². The van der Waals surface area contributed by atoms with E-state index in [2.05, 4.69) is 45.6 Å². The molecule has 0 unspecified atom stereocenters. The number of hydrogen-bond donors (Lipinski definition) is 0. The Bertz CT molecular complexity index is 478. The van der Waals surface area contributed by atoms with Crippen molar-refractivity contribution in [1.29, 1.82) is 0 Å². The van der Waals surface area contributed by atoms with Crippen LogP contribution in [0.3, 0.4) is 0 Å². The monoisotopic (exact) mass is 294 g/mol. The third-order valence-corrected chi connectivity index (χ3v) is 2.31. The van der Waals surface area contributed by atoms with Crippen molar-refractivity contribution in [2.45, 2.75) is 5.88 Å². The maximum atomic E-state index is 9.09. The lowest BCUT2D eigenvalue weighted by Gasteiger charge is -2.01. The Morgan fingerprint density at radius 2 is 1.56 bits per heavy atom. The van der Waals surface area contributed by atoms with E-state index in [4.69, 9.17) is 15.8 Å². The number of rotatable bonds is 1. The number of hydrogen-bond acceptors (Lipinski definition) is 1. The standard InChI is InChI=1S/C11H9Cl.Cl2OS/c12-8-10-6-3-5-9-4-1-2-7-11(9)10;1-4(2)3/h1-7H,8H2;. The summed E-state index contributed by atoms with van der Waals surface area (Å²) in [5.74, 6) is 0.585. The van der Waals surface area contributed by atoms with E-state index >= 15 is 0 Å². The molecule has 0 bridgehead atoms. The van der Waals surface area contributed by atoms with E-state index < -0.39 is 9.23 Å². The van der Waals surface area contributed by atoms with Gasteiger partial charge in [0.1, 0.15) is 0 Å². The maximum absolute atomic E-state index is 9.09. The van der Waals surface area contributed by atoms with Crippen molar-refractivity contribution in [2.24, 2.45) is 0 Å². The van der Waals surface area contributed by atoms with E-state index in [-0.39, 0.29) is 0 Å². The smallest absolute Gasteiger partial charge is 0.211 e. The summed E-state index contributed by atoms with van der Waals surface area (Å²) in [6, 6.07) is 14.5. The Balaban J connectivity index is 0.000000280. The van der Waals surface area contributed by atoms with Gasteiger partial charge in [0, 0.05) is 27.2 Å². The second-order valence-electron chi connectivity index (χ2n) is 2.96. The summed E-state index contributed by atoms with van der Waals surface area (Å²) in [7, 11) is 7.36. The second-order valence-corrected chi connectivity index (χ2v) is 5.75. The van der Waals surface area contributed by atoms with Gasteiger partial charge in [-0.3, -0.25) is 0 Å². The third kappa shape index (κ3) is 4.30. The third-order valence-electron chi connectivity index (χ3n) is 2.02. The summed E-state index contributed by atoms with van der Waals surface area (Å²) >= 11 is 5.81. The predicted molar refractivity (Wildman–Crippen MR) is 73.4 cm³/mol. The van der Waals surface area contributed by atoms with Gasteiger partial charge >= 0.3 is 0 Å². The first-order chi connectivity index (χ1) is 7.65. The lowest BCUT2D eigenvalue weighted by Crippen LogP contribution is -1.79. The molecule has 0 saturated heterocycles. The minimum Gasteiger partial charge on any atom is -0.225 e. The normalized spacial score (nSPS) is 10.0. The van der Waals surface area contributed by atoms with E-state index in [0.29, 0.717) is 5.88 Å². The molecule has 0 radical (unpaired) electrons. The van der Waals surface area contributed by atoms with Crippen LogP contribution in [0.25, 0.3) is 10.8 Å². The van der Waals surface area contributed by atoms with Crippen molar-refractivity contribution < 1.29 is 4.21 Å². The minimum absolute atomic E-state index is 0.585. The summed E-state index contributed by atoms with van der Waals surface area (Å²) in [4.78, 5) is 0. The van der Waals surface area contributed by atoms with Crippen LogP contribution in [0.5, 0.6) is 0 Å². The molecule has 2 aromatic rings. The second kappa shape index (κ2) is 7.13. The number of fused-ring (bicyclic) bond motifs is 1. The zero-order valence-corrected chi connectivity index (χ0v) is 11.3. The van der Waals surface area contributed by atoms with Crippen LogP contribution in [0.4, 0.5) is 0 Å². The van der Waals surface area contributed by atoms with Crippen LogP contribution in [0, 0.1) is 0 Å². The first-order valence-corrected chi connectivity index (χ1v) is 7.75. The molecule has 1 nitrogen and oxygen atoms in total. The van der Waals surface area contributed by atoms with Gasteiger partial charge in [-0.25, -0.2) is 4.21 Å². The van der Waals surface area contributed by atoms with Gasteiger partial charge in [0.15, 0.2) is 0 Å². The van der Waals surface area contributed by atoms with Crippen molar-refractivity contribution in [3.05, 3.63) is 48.0 Å². The molecular weight excluding hydrogens is 287 g/mol. The highest BCUT2D eigenvalue weighted by Crippen LogP contribution is 2.19. The molecule has 2 aromatic carbocycles. The Morgan fingerprint density at radius 3 is 2.19 bits per heavy atom. The molecule has 0 saturated carbocycles. The molecule has 2 rings (SSSR count). The van der Waals surface area contributed by atoms with Gasteiger partial charge in [0.2, 0.25) is 9.23 Å². The van der Waals surface area contributed by atoms with Gasteiger partial charge in [-0.15, -0.1) is 11.6 Å². The van der Waals surface area contributed by atoms with Crippen LogP contribution >= 0.6 is 33.0 Å². The summed E-state index contributed by atoms with van der Waals surface area (Å²) in [5, 5.41) is 2.52. The molecule has 0 atom stereocenters. The average molecular weight is 296 g/mol. The highest BCUT2D eigenvalue weighted by atomic mass is 36.0. The summed E-state index contributed by atoms with van der Waals surface area (Å²) in [6.45, 7) is 0. The molecule has 16 heavy (non-hydrogen) atoms. The van der Waals surface area contributed by atoms with Crippen molar-refractivity contribution in [3.63, 3.8) is 0 Å². The summed E-state index contributed by atoms with van der Waals surface area (Å²) in [6.07, 6.45) is 0. The maximum Gasteiger partial charge on any atom is 0.211 e. The molecule has 5 heteroatoms. The van der Waals surface area contributed by atoms with Gasteiger partial charge in [0.25, 0.3) is 0 Å². The van der Waals surface area contributed by atoms with E-state index in [1.165, 1.54) is 16.3 Å². The van der Waals surface area contributed by atoms with Gasteiger partial charge in [0.05, 0.1) is 0 Å². The van der Waals surface area contributed by atoms with Gasteiger partial charge in [-0.1, -0.05) is 42.5 Å². The molecular formula is C11H9Cl3OS.